The number of aliphatic hydroxyl groups is 2. The smallest absolute Gasteiger partial charge is 0.333 e. The molecule has 140 valence electrons. The van der Waals surface area contributed by atoms with Gasteiger partial charge in [0.1, 0.15) is 0 Å². The lowest BCUT2D eigenvalue weighted by Gasteiger charge is -2.14. The fourth-order valence-corrected chi connectivity index (χ4v) is 3.43. The van der Waals surface area contributed by atoms with Gasteiger partial charge in [0.05, 0.1) is 6.10 Å². The normalized spacial score (nSPS) is 18.5. The number of carbonyl (C=O) groups excluding carboxylic acids is 1. The highest BCUT2D eigenvalue weighted by Crippen LogP contribution is 2.19. The highest BCUT2D eigenvalue weighted by Gasteiger charge is 2.28. The standard InChI is InChI=1S/C18H33NO4S/c1-2-3-4-5-6-7-8-9-10-11-12-19-24-14-16(20)15-13-17(21)23-18(15)22/h13,16,18-20,22H,2-12,14H2,1H3. The molecule has 0 spiro atoms. The lowest BCUT2D eigenvalue weighted by atomic mass is 10.1. The van der Waals surface area contributed by atoms with Crippen molar-refractivity contribution >= 4 is 17.9 Å². The summed E-state index contributed by atoms with van der Waals surface area (Å²) in [5.74, 6) is -0.211. The van der Waals surface area contributed by atoms with Crippen LogP contribution in [0.5, 0.6) is 0 Å². The van der Waals surface area contributed by atoms with Crippen LogP contribution < -0.4 is 4.72 Å². The largest absolute Gasteiger partial charge is 0.429 e. The average Bonchev–Trinajstić information content (AvgIpc) is 2.90. The number of ether oxygens (including phenoxy) is 1. The Bertz CT molecular complexity index is 376. The van der Waals surface area contributed by atoms with Crippen LogP contribution >= 0.6 is 11.9 Å². The lowest BCUT2D eigenvalue weighted by molar-refractivity contribution is -0.151. The van der Waals surface area contributed by atoms with Gasteiger partial charge in [0.25, 0.3) is 0 Å². The summed E-state index contributed by atoms with van der Waals surface area (Å²) in [7, 11) is 0. The molecule has 6 heteroatoms. The third-order valence-electron chi connectivity index (χ3n) is 4.16. The number of hydrogen-bond donors (Lipinski definition) is 3. The van der Waals surface area contributed by atoms with Crippen LogP contribution in [-0.4, -0.2) is 40.9 Å². The number of esters is 1. The first-order chi connectivity index (χ1) is 11.6. The predicted molar refractivity (Wildman–Crippen MR) is 98.5 cm³/mol. The number of hydrogen-bond acceptors (Lipinski definition) is 6. The van der Waals surface area contributed by atoms with Crippen LogP contribution in [-0.2, 0) is 9.53 Å². The number of cyclic esters (lactones) is 1. The molecule has 2 atom stereocenters. The van der Waals surface area contributed by atoms with Crippen LogP contribution in [0.15, 0.2) is 11.6 Å². The van der Waals surface area contributed by atoms with Gasteiger partial charge in [-0.2, -0.15) is 0 Å². The third-order valence-corrected chi connectivity index (χ3v) is 5.05. The summed E-state index contributed by atoms with van der Waals surface area (Å²) < 4.78 is 7.76. The van der Waals surface area contributed by atoms with Gasteiger partial charge >= 0.3 is 5.97 Å². The van der Waals surface area contributed by atoms with Crippen LogP contribution in [0.1, 0.15) is 71.1 Å². The summed E-state index contributed by atoms with van der Waals surface area (Å²) in [4.78, 5) is 11.0. The van der Waals surface area contributed by atoms with Crippen molar-refractivity contribution in [2.45, 2.75) is 83.5 Å². The van der Waals surface area contributed by atoms with Crippen molar-refractivity contribution < 1.29 is 19.7 Å². The van der Waals surface area contributed by atoms with E-state index in [-0.39, 0.29) is 5.57 Å². The first-order valence-electron chi connectivity index (χ1n) is 9.28. The molecule has 0 saturated carbocycles. The molecule has 0 fully saturated rings. The molecule has 0 aromatic rings. The summed E-state index contributed by atoms with van der Waals surface area (Å²) in [6.45, 7) is 3.16. The average molecular weight is 360 g/mol. The second kappa shape index (κ2) is 13.7. The van der Waals surface area contributed by atoms with Crippen molar-refractivity contribution in [3.8, 4) is 0 Å². The summed E-state index contributed by atoms with van der Waals surface area (Å²) >= 11 is 1.41. The Kier molecular flexibility index (Phi) is 12.3. The Morgan fingerprint density at radius 1 is 1.12 bits per heavy atom. The van der Waals surface area contributed by atoms with Gasteiger partial charge in [-0.25, -0.2) is 4.79 Å². The SMILES string of the molecule is CCCCCCCCCCCCNSCC(O)C1=CC(=O)OC1O. The van der Waals surface area contributed by atoms with E-state index in [1.54, 1.807) is 0 Å². The zero-order valence-electron chi connectivity index (χ0n) is 14.8. The van der Waals surface area contributed by atoms with E-state index in [0.29, 0.717) is 5.75 Å². The fourth-order valence-electron chi connectivity index (χ4n) is 2.67. The van der Waals surface area contributed by atoms with E-state index in [4.69, 9.17) is 0 Å². The van der Waals surface area contributed by atoms with E-state index < -0.39 is 18.4 Å². The van der Waals surface area contributed by atoms with Crippen molar-refractivity contribution in [3.63, 3.8) is 0 Å². The van der Waals surface area contributed by atoms with Gasteiger partial charge in [0, 0.05) is 23.9 Å². The third kappa shape index (κ3) is 9.67. The maximum atomic E-state index is 11.0. The minimum atomic E-state index is -1.30. The molecule has 1 aliphatic rings. The van der Waals surface area contributed by atoms with Crippen LogP contribution in [0, 0.1) is 0 Å². The monoisotopic (exact) mass is 359 g/mol. The molecule has 1 aliphatic heterocycles. The van der Waals surface area contributed by atoms with Gasteiger partial charge in [0.15, 0.2) is 0 Å². The molecule has 0 aliphatic carbocycles. The van der Waals surface area contributed by atoms with E-state index in [1.165, 1.54) is 69.7 Å². The Balaban J connectivity index is 1.85. The molecule has 1 rings (SSSR count). The predicted octanol–water partition coefficient (Wildman–Crippen LogP) is 3.31. The van der Waals surface area contributed by atoms with Crippen molar-refractivity contribution in [2.75, 3.05) is 12.3 Å². The second-order valence-corrected chi connectivity index (χ2v) is 7.25. The van der Waals surface area contributed by atoms with Gasteiger partial charge < -0.3 is 14.9 Å². The number of unbranched alkanes of at least 4 members (excludes halogenated alkanes) is 9. The number of nitrogens with one attached hydrogen (secondary N) is 1. The molecule has 0 radical (unpaired) electrons. The van der Waals surface area contributed by atoms with Crippen LogP contribution in [0.2, 0.25) is 0 Å². The van der Waals surface area contributed by atoms with E-state index >= 15 is 0 Å². The van der Waals surface area contributed by atoms with Crippen LogP contribution in [0.4, 0.5) is 0 Å². The molecule has 0 aromatic carbocycles. The van der Waals surface area contributed by atoms with E-state index in [9.17, 15) is 15.0 Å². The minimum Gasteiger partial charge on any atom is -0.429 e. The molecular formula is C18H33NO4S. The maximum Gasteiger partial charge on any atom is 0.333 e. The fraction of sp³-hybridized carbons (Fsp3) is 0.833. The van der Waals surface area contributed by atoms with Gasteiger partial charge in [0.2, 0.25) is 6.29 Å². The zero-order chi connectivity index (χ0) is 17.6. The Morgan fingerprint density at radius 2 is 1.71 bits per heavy atom. The lowest BCUT2D eigenvalue weighted by Crippen LogP contribution is -2.24. The first kappa shape index (κ1) is 21.5. The Hall–Kier alpha value is -0.560. The molecule has 0 aromatic heterocycles. The first-order valence-corrected chi connectivity index (χ1v) is 10.3. The van der Waals surface area contributed by atoms with Crippen molar-refractivity contribution in [1.82, 2.24) is 4.72 Å². The Labute approximate surface area is 150 Å². The number of carbonyl (C=O) groups is 1. The van der Waals surface area contributed by atoms with Crippen molar-refractivity contribution in [2.24, 2.45) is 0 Å². The van der Waals surface area contributed by atoms with Crippen LogP contribution in [0.3, 0.4) is 0 Å². The van der Waals surface area contributed by atoms with E-state index in [0.717, 1.165) is 19.0 Å². The van der Waals surface area contributed by atoms with Crippen molar-refractivity contribution in [3.05, 3.63) is 11.6 Å². The van der Waals surface area contributed by atoms with Crippen LogP contribution in [0.25, 0.3) is 0 Å². The molecule has 0 bridgehead atoms. The molecule has 0 saturated heterocycles. The quantitative estimate of drug-likeness (QED) is 0.236. The highest BCUT2D eigenvalue weighted by molar-refractivity contribution is 7.97. The summed E-state index contributed by atoms with van der Waals surface area (Å²) in [6, 6.07) is 0. The Morgan fingerprint density at radius 3 is 2.25 bits per heavy atom. The second-order valence-electron chi connectivity index (χ2n) is 6.34. The molecule has 3 N–H and O–H groups in total. The summed E-state index contributed by atoms with van der Waals surface area (Å²) in [5.41, 5.74) is 0.244. The highest BCUT2D eigenvalue weighted by atomic mass is 32.2. The van der Waals surface area contributed by atoms with E-state index in [2.05, 4.69) is 16.4 Å². The maximum absolute atomic E-state index is 11.0. The van der Waals surface area contributed by atoms with Gasteiger partial charge in [-0.15, -0.1) is 0 Å². The van der Waals surface area contributed by atoms with Gasteiger partial charge in [-0.3, -0.25) is 4.72 Å². The molecule has 5 nitrogen and oxygen atoms in total. The topological polar surface area (TPSA) is 78.8 Å². The molecule has 2 unspecified atom stereocenters. The molecule has 0 amide bonds. The molecule has 24 heavy (non-hydrogen) atoms. The van der Waals surface area contributed by atoms with Crippen molar-refractivity contribution in [1.29, 1.82) is 0 Å². The van der Waals surface area contributed by atoms with Gasteiger partial charge in [-0.1, -0.05) is 76.7 Å². The summed E-state index contributed by atoms with van der Waals surface area (Å²) in [5, 5.41) is 19.3. The zero-order valence-corrected chi connectivity index (χ0v) is 15.7. The summed E-state index contributed by atoms with van der Waals surface area (Å²) in [6.07, 6.45) is 12.2. The van der Waals surface area contributed by atoms with Gasteiger partial charge in [-0.05, 0) is 6.42 Å². The number of aliphatic hydroxyl groups excluding tert-OH is 2. The molecular weight excluding hydrogens is 326 g/mol. The minimum absolute atomic E-state index is 0.244. The number of rotatable bonds is 15. The van der Waals surface area contributed by atoms with E-state index in [1.807, 2.05) is 0 Å². The molecule has 1 heterocycles.